The van der Waals surface area contributed by atoms with Crippen LogP contribution in [0.5, 0.6) is 11.5 Å². The molecule has 1 amide bonds. The number of benzene rings is 2. The van der Waals surface area contributed by atoms with Crippen molar-refractivity contribution < 1.29 is 64.1 Å². The number of para-hydroxylation sites is 1. The lowest BCUT2D eigenvalue weighted by Crippen LogP contribution is -2.68. The summed E-state index contributed by atoms with van der Waals surface area (Å²) in [4.78, 5) is 67.6. The van der Waals surface area contributed by atoms with Crippen LogP contribution in [0.2, 0.25) is 0 Å². The summed E-state index contributed by atoms with van der Waals surface area (Å²) in [6.07, 6.45) is -7.87. The number of carbonyl (C=O) groups excluding carboxylic acids is 5. The van der Waals surface area contributed by atoms with E-state index in [4.69, 9.17) is 15.2 Å². The van der Waals surface area contributed by atoms with Gasteiger partial charge in [0.25, 0.3) is 0 Å². The van der Waals surface area contributed by atoms with Gasteiger partial charge in [0.1, 0.15) is 35.9 Å². The summed E-state index contributed by atoms with van der Waals surface area (Å²) in [6.45, 7) is -0.667. The summed E-state index contributed by atoms with van der Waals surface area (Å²) in [5.74, 6) is -11.0. The van der Waals surface area contributed by atoms with E-state index in [2.05, 4.69) is 5.32 Å². The molecule has 50 heavy (non-hydrogen) atoms. The van der Waals surface area contributed by atoms with E-state index < -0.39 is 108 Å². The number of carbonyl (C=O) groups is 5. The molecule has 9 N–H and O–H groups in total. The van der Waals surface area contributed by atoms with E-state index in [9.17, 15) is 54.6 Å². The molecule has 1 heterocycles. The number of nitrogens with zero attached hydrogens (tertiary/aromatic N) is 1. The third-order valence-corrected chi connectivity index (χ3v) is 10.4. The maximum Gasteiger partial charge on any atom is 0.235 e. The Morgan fingerprint density at radius 3 is 2.42 bits per heavy atom. The second kappa shape index (κ2) is 13.0. The van der Waals surface area contributed by atoms with Crippen molar-refractivity contribution in [3.8, 4) is 11.5 Å². The zero-order chi connectivity index (χ0) is 36.4. The average molecular weight is 698 g/mol. The predicted molar refractivity (Wildman–Crippen MR) is 171 cm³/mol. The number of nitrogens with one attached hydrogen (secondary N) is 1. The second-order valence-electron chi connectivity index (χ2n) is 13.6. The van der Waals surface area contributed by atoms with Gasteiger partial charge in [-0.15, -0.1) is 0 Å². The standard InChI is InChI=1S/C34H39N3O13/c1-37(2)18-10-17(36-11-13-5-3-4-6-20(13)49-33-29(44)28(43)26(41)21(12-38)50-33)25(40)23-16(18)8-14-7-15-9-19(39)24(32(35)47)31(46)34(15,48)30(45)22(14)27(23)42/h3-6,10,14-15,21-22,24,26,28-29,33,36,38,40-41,43-44,48H,7-9,11-12H2,1-2H3,(H2,35,47)/t14-,15+,21-,22?,24?,26-,28+,29-,33-,34+/m1/s1. The molecule has 2 unspecified atom stereocenters. The lowest BCUT2D eigenvalue weighted by atomic mass is 9.53. The van der Waals surface area contributed by atoms with Gasteiger partial charge >= 0.3 is 0 Å². The van der Waals surface area contributed by atoms with Crippen LogP contribution < -0.4 is 20.7 Å². The van der Waals surface area contributed by atoms with Crippen molar-refractivity contribution in [2.75, 3.05) is 30.9 Å². The van der Waals surface area contributed by atoms with Crippen LogP contribution in [0.15, 0.2) is 30.3 Å². The highest BCUT2D eigenvalue weighted by Gasteiger charge is 2.66. The molecule has 268 valence electrons. The van der Waals surface area contributed by atoms with Gasteiger partial charge in [-0.3, -0.25) is 24.0 Å². The number of aliphatic hydroxyl groups excluding tert-OH is 4. The number of aliphatic hydroxyl groups is 5. The van der Waals surface area contributed by atoms with Crippen LogP contribution >= 0.6 is 0 Å². The summed E-state index contributed by atoms with van der Waals surface area (Å²) < 4.78 is 11.3. The zero-order valence-electron chi connectivity index (χ0n) is 27.2. The Labute approximate surface area is 285 Å². The maximum atomic E-state index is 14.2. The second-order valence-corrected chi connectivity index (χ2v) is 13.6. The smallest absolute Gasteiger partial charge is 0.235 e. The highest BCUT2D eigenvalue weighted by atomic mass is 16.7. The summed E-state index contributed by atoms with van der Waals surface area (Å²) in [5.41, 5.74) is 3.88. The minimum atomic E-state index is -2.76. The Kier molecular flexibility index (Phi) is 9.21. The molecule has 6 rings (SSSR count). The van der Waals surface area contributed by atoms with Gasteiger partial charge in [-0.25, -0.2) is 0 Å². The van der Waals surface area contributed by atoms with Gasteiger partial charge in [0.05, 0.1) is 23.8 Å². The number of Topliss-reactive ketones (excluding diaryl/α,β-unsaturated/α-hetero) is 4. The number of amides is 1. The molecule has 0 aromatic heterocycles. The number of hydrogen-bond donors (Lipinski definition) is 8. The average Bonchev–Trinajstić information content (AvgIpc) is 3.06. The molecule has 3 aliphatic carbocycles. The molecular weight excluding hydrogens is 658 g/mol. The van der Waals surface area contributed by atoms with Crippen molar-refractivity contribution in [3.05, 3.63) is 47.0 Å². The highest BCUT2D eigenvalue weighted by molar-refractivity contribution is 6.31. The normalized spacial score (nSPS) is 33.6. The molecule has 1 saturated heterocycles. The lowest BCUT2D eigenvalue weighted by molar-refractivity contribution is -0.277. The maximum absolute atomic E-state index is 14.2. The largest absolute Gasteiger partial charge is 0.505 e. The molecule has 0 radical (unpaired) electrons. The van der Waals surface area contributed by atoms with Gasteiger partial charge < -0.3 is 56.1 Å². The van der Waals surface area contributed by atoms with E-state index in [1.807, 2.05) is 0 Å². The monoisotopic (exact) mass is 697 g/mol. The molecule has 16 nitrogen and oxygen atoms in total. The van der Waals surface area contributed by atoms with E-state index in [0.717, 1.165) is 0 Å². The quantitative estimate of drug-likeness (QED) is 0.112. The van der Waals surface area contributed by atoms with Crippen LogP contribution in [0, 0.1) is 23.7 Å². The molecule has 4 aliphatic rings. The van der Waals surface area contributed by atoms with Crippen LogP contribution in [0.3, 0.4) is 0 Å². The van der Waals surface area contributed by atoms with Crippen molar-refractivity contribution >= 4 is 40.4 Å². The molecule has 0 bridgehead atoms. The number of rotatable bonds is 8. The van der Waals surface area contributed by atoms with Crippen molar-refractivity contribution in [1.29, 1.82) is 0 Å². The summed E-state index contributed by atoms with van der Waals surface area (Å²) >= 11 is 0. The van der Waals surface area contributed by atoms with Crippen molar-refractivity contribution in [1.82, 2.24) is 0 Å². The third kappa shape index (κ3) is 5.52. The SMILES string of the molecule is CN(C)c1cc(NCc2ccccc2O[C@@H]2O[C@H](CO)[C@@H](O)[C@H](O)[C@H]2O)c(O)c2c1C[C@H]1C[C@H]3CC(=O)C(C(N)=O)C(=O)[C@@]3(O)C(=O)C1C2=O. The fraction of sp³-hybridized carbons (Fsp3) is 0.500. The predicted octanol–water partition coefficient (Wildman–Crippen LogP) is -1.82. The molecule has 1 aliphatic heterocycles. The fourth-order valence-electron chi connectivity index (χ4n) is 7.79. The first-order chi connectivity index (χ1) is 23.6. The summed E-state index contributed by atoms with van der Waals surface area (Å²) in [5, 5.41) is 66.4. The van der Waals surface area contributed by atoms with E-state index in [0.29, 0.717) is 16.8 Å². The molecular formula is C34H39N3O13. The molecule has 0 spiro atoms. The van der Waals surface area contributed by atoms with Crippen LogP contribution in [0.25, 0.3) is 0 Å². The van der Waals surface area contributed by atoms with E-state index in [1.54, 1.807) is 49.3 Å². The van der Waals surface area contributed by atoms with Crippen LogP contribution in [-0.2, 0) is 36.9 Å². The topological polar surface area (TPSA) is 266 Å². The molecule has 2 saturated carbocycles. The van der Waals surface area contributed by atoms with Gasteiger partial charge in [-0.05, 0) is 36.5 Å². The molecule has 2 aromatic carbocycles. The zero-order valence-corrected chi connectivity index (χ0v) is 27.2. The minimum Gasteiger partial charge on any atom is -0.505 e. The number of ketones is 4. The Bertz CT molecular complexity index is 1760. The Morgan fingerprint density at radius 2 is 1.76 bits per heavy atom. The van der Waals surface area contributed by atoms with Gasteiger partial charge in [0.15, 0.2) is 34.7 Å². The fourth-order valence-corrected chi connectivity index (χ4v) is 7.79. The highest BCUT2D eigenvalue weighted by Crippen LogP contribution is 2.52. The van der Waals surface area contributed by atoms with Crippen LogP contribution in [0.4, 0.5) is 11.4 Å². The summed E-state index contributed by atoms with van der Waals surface area (Å²) in [6, 6.07) is 8.16. The number of hydrogen-bond acceptors (Lipinski definition) is 15. The Hall–Kier alpha value is -4.45. The number of phenolic OH excluding ortho intramolecular Hbond substituents is 1. The lowest BCUT2D eigenvalue weighted by Gasteiger charge is -2.48. The van der Waals surface area contributed by atoms with Crippen molar-refractivity contribution in [2.45, 2.75) is 62.1 Å². The minimum absolute atomic E-state index is 0.0234. The van der Waals surface area contributed by atoms with Crippen LogP contribution in [0.1, 0.15) is 34.3 Å². The van der Waals surface area contributed by atoms with E-state index in [1.165, 1.54) is 0 Å². The van der Waals surface area contributed by atoms with Crippen LogP contribution in [-0.4, -0.2) is 117 Å². The van der Waals surface area contributed by atoms with Gasteiger partial charge in [0.2, 0.25) is 12.2 Å². The first-order valence-corrected chi connectivity index (χ1v) is 16.1. The summed E-state index contributed by atoms with van der Waals surface area (Å²) in [7, 11) is 3.45. The van der Waals surface area contributed by atoms with Crippen molar-refractivity contribution in [3.63, 3.8) is 0 Å². The first kappa shape index (κ1) is 35.4. The van der Waals surface area contributed by atoms with E-state index in [-0.39, 0.29) is 36.4 Å². The number of anilines is 2. The number of nitrogens with two attached hydrogens (primary N) is 1. The number of fused-ring (bicyclic) bond motifs is 3. The first-order valence-electron chi connectivity index (χ1n) is 16.1. The molecule has 10 atom stereocenters. The molecule has 16 heteroatoms. The Morgan fingerprint density at radius 1 is 1.06 bits per heavy atom. The van der Waals surface area contributed by atoms with Gasteiger partial charge in [-0.2, -0.15) is 0 Å². The van der Waals surface area contributed by atoms with E-state index >= 15 is 0 Å². The van der Waals surface area contributed by atoms with Crippen molar-refractivity contribution in [2.24, 2.45) is 29.4 Å². The van der Waals surface area contributed by atoms with Gasteiger partial charge in [0, 0.05) is 44.2 Å². The number of phenols is 1. The number of primary amides is 1. The molecule has 3 fully saturated rings. The Balaban J connectivity index is 1.30. The third-order valence-electron chi connectivity index (χ3n) is 10.4. The van der Waals surface area contributed by atoms with Gasteiger partial charge in [-0.1, -0.05) is 18.2 Å². The number of aromatic hydroxyl groups is 1. The molecule has 2 aromatic rings. The number of ether oxygens (including phenoxy) is 2.